The normalized spacial score (nSPS) is 19.7. The fourth-order valence-corrected chi connectivity index (χ4v) is 6.30. The Labute approximate surface area is 183 Å². The molecule has 0 saturated heterocycles. The number of carbonyl (C=O) groups excluding carboxylic acids is 1. The third-order valence-corrected chi connectivity index (χ3v) is 7.83. The quantitative estimate of drug-likeness (QED) is 0.669. The Balaban J connectivity index is 1.34. The van der Waals surface area contributed by atoms with E-state index in [1.54, 1.807) is 11.3 Å². The highest BCUT2D eigenvalue weighted by Crippen LogP contribution is 2.36. The molecule has 2 atom stereocenters. The number of benzene rings is 1. The minimum Gasteiger partial charge on any atom is -0.356 e. The lowest BCUT2D eigenvalue weighted by atomic mass is 9.91. The second-order valence-corrected chi connectivity index (χ2v) is 9.74. The zero-order valence-electron chi connectivity index (χ0n) is 17.8. The molecule has 1 heterocycles. The van der Waals surface area contributed by atoms with Gasteiger partial charge in [-0.15, -0.1) is 11.3 Å². The van der Waals surface area contributed by atoms with Gasteiger partial charge in [0.05, 0.1) is 5.56 Å². The van der Waals surface area contributed by atoms with Gasteiger partial charge in [-0.3, -0.25) is 4.79 Å². The summed E-state index contributed by atoms with van der Waals surface area (Å²) in [7, 11) is 0. The average molecular weight is 422 g/mol. The Morgan fingerprint density at radius 2 is 2.13 bits per heavy atom. The van der Waals surface area contributed by atoms with Crippen molar-refractivity contribution in [1.82, 2.24) is 10.6 Å². The monoisotopic (exact) mass is 421 g/mol. The van der Waals surface area contributed by atoms with Gasteiger partial charge in [0.1, 0.15) is 6.07 Å². The summed E-state index contributed by atoms with van der Waals surface area (Å²) < 4.78 is 0. The lowest BCUT2D eigenvalue weighted by molar-refractivity contribution is -0.121. The van der Waals surface area contributed by atoms with E-state index in [1.807, 2.05) is 6.92 Å². The van der Waals surface area contributed by atoms with Crippen molar-refractivity contribution >= 4 is 17.2 Å². The fourth-order valence-electron chi connectivity index (χ4n) is 4.92. The number of amides is 1. The van der Waals surface area contributed by atoms with Crippen molar-refractivity contribution in [3.8, 4) is 6.07 Å². The largest absolute Gasteiger partial charge is 0.356 e. The molecule has 1 amide bonds. The Morgan fingerprint density at radius 1 is 1.27 bits per heavy atom. The number of hydrogen-bond acceptors (Lipinski definition) is 4. The molecule has 0 aliphatic heterocycles. The maximum absolute atomic E-state index is 11.7. The molecule has 0 spiro atoms. The molecule has 5 heteroatoms. The lowest BCUT2D eigenvalue weighted by Crippen LogP contribution is -2.36. The Bertz CT molecular complexity index is 942. The molecule has 2 N–H and O–H groups in total. The van der Waals surface area contributed by atoms with Gasteiger partial charge in [-0.05, 0) is 61.1 Å². The zero-order valence-corrected chi connectivity index (χ0v) is 18.6. The van der Waals surface area contributed by atoms with Crippen molar-refractivity contribution in [2.45, 2.75) is 70.3 Å². The predicted molar refractivity (Wildman–Crippen MR) is 122 cm³/mol. The first-order chi connectivity index (χ1) is 14.7. The fraction of sp³-hybridized carbons (Fsp3) is 0.520. The van der Waals surface area contributed by atoms with E-state index in [-0.39, 0.29) is 5.91 Å². The van der Waals surface area contributed by atoms with E-state index in [9.17, 15) is 10.1 Å². The van der Waals surface area contributed by atoms with Crippen molar-refractivity contribution in [2.24, 2.45) is 0 Å². The van der Waals surface area contributed by atoms with Crippen LogP contribution in [0.2, 0.25) is 0 Å². The molecule has 0 bridgehead atoms. The molecule has 1 aromatic carbocycles. The van der Waals surface area contributed by atoms with Crippen LogP contribution in [0.5, 0.6) is 0 Å². The van der Waals surface area contributed by atoms with Crippen LogP contribution in [0.3, 0.4) is 0 Å². The molecule has 0 radical (unpaired) electrons. The standard InChI is InChI=1S/C25H31N3OS/c1-2-5-25(29)27-13-12-23-22(15-26)21-11-10-19(14-24(21)30-23)28-16-18-9-8-17-6-3-4-7-20(17)18/h3-4,6-7,18-19,28H,2,5,8-14,16H2,1H3,(H,27,29). The van der Waals surface area contributed by atoms with Gasteiger partial charge in [-0.2, -0.15) is 5.26 Å². The number of rotatable bonds is 8. The van der Waals surface area contributed by atoms with Gasteiger partial charge in [-0.1, -0.05) is 31.2 Å². The van der Waals surface area contributed by atoms with Crippen LogP contribution in [-0.2, 0) is 30.5 Å². The van der Waals surface area contributed by atoms with E-state index in [0.29, 0.717) is 24.9 Å². The molecule has 4 nitrogen and oxygen atoms in total. The second kappa shape index (κ2) is 9.76. The van der Waals surface area contributed by atoms with Crippen LogP contribution in [0.25, 0.3) is 0 Å². The summed E-state index contributed by atoms with van der Waals surface area (Å²) in [6.45, 7) is 3.68. The van der Waals surface area contributed by atoms with E-state index in [1.165, 1.54) is 34.4 Å². The summed E-state index contributed by atoms with van der Waals surface area (Å²) in [6.07, 6.45) is 7.74. The maximum atomic E-state index is 11.7. The van der Waals surface area contributed by atoms with Gasteiger partial charge >= 0.3 is 0 Å². The third kappa shape index (κ3) is 4.61. The van der Waals surface area contributed by atoms with Crippen molar-refractivity contribution in [3.05, 3.63) is 56.3 Å². The number of nitrogens with one attached hydrogen (secondary N) is 2. The van der Waals surface area contributed by atoms with Gasteiger partial charge < -0.3 is 10.6 Å². The topological polar surface area (TPSA) is 64.9 Å². The highest BCUT2D eigenvalue weighted by molar-refractivity contribution is 7.12. The first-order valence-corrected chi connectivity index (χ1v) is 12.1. The molecule has 2 aliphatic rings. The summed E-state index contributed by atoms with van der Waals surface area (Å²) in [5.74, 6) is 0.734. The molecule has 1 aromatic heterocycles. The average Bonchev–Trinajstić information content (AvgIpc) is 3.32. The number of nitriles is 1. The number of fused-ring (bicyclic) bond motifs is 2. The molecule has 2 aliphatic carbocycles. The summed E-state index contributed by atoms with van der Waals surface area (Å²) in [5, 5.41) is 16.5. The smallest absolute Gasteiger partial charge is 0.219 e. The minimum absolute atomic E-state index is 0.107. The molecule has 2 unspecified atom stereocenters. The Kier molecular flexibility index (Phi) is 6.86. The van der Waals surface area contributed by atoms with Crippen LogP contribution in [0.4, 0.5) is 0 Å². The van der Waals surface area contributed by atoms with Crippen LogP contribution < -0.4 is 10.6 Å². The molecule has 4 rings (SSSR count). The first-order valence-electron chi connectivity index (χ1n) is 11.3. The Morgan fingerprint density at radius 3 is 2.97 bits per heavy atom. The number of carbonyl (C=O) groups is 1. The van der Waals surface area contributed by atoms with Crippen LogP contribution in [-0.4, -0.2) is 25.0 Å². The van der Waals surface area contributed by atoms with Gasteiger partial charge in [0.15, 0.2) is 0 Å². The third-order valence-electron chi connectivity index (χ3n) is 6.51. The molecular formula is C25H31N3OS. The first kappa shape index (κ1) is 21.1. The lowest BCUT2D eigenvalue weighted by Gasteiger charge is -2.25. The van der Waals surface area contributed by atoms with E-state index in [4.69, 9.17) is 0 Å². The zero-order chi connectivity index (χ0) is 20.9. The van der Waals surface area contributed by atoms with Gasteiger partial charge in [0.25, 0.3) is 0 Å². The van der Waals surface area contributed by atoms with Crippen molar-refractivity contribution in [1.29, 1.82) is 5.26 Å². The summed E-state index contributed by atoms with van der Waals surface area (Å²) >= 11 is 1.79. The summed E-state index contributed by atoms with van der Waals surface area (Å²) in [5.41, 5.74) is 5.18. The number of aryl methyl sites for hydroxylation is 1. The molecule has 0 fully saturated rings. The molecule has 2 aromatic rings. The highest BCUT2D eigenvalue weighted by Gasteiger charge is 2.27. The van der Waals surface area contributed by atoms with Crippen LogP contribution in [0.15, 0.2) is 24.3 Å². The van der Waals surface area contributed by atoms with Crippen molar-refractivity contribution in [2.75, 3.05) is 13.1 Å². The van der Waals surface area contributed by atoms with Gasteiger partial charge in [-0.25, -0.2) is 0 Å². The number of hydrogen-bond donors (Lipinski definition) is 2. The van der Waals surface area contributed by atoms with Crippen LogP contribution in [0, 0.1) is 11.3 Å². The molecule has 158 valence electrons. The van der Waals surface area contributed by atoms with Crippen molar-refractivity contribution < 1.29 is 4.79 Å². The molecule has 0 saturated carbocycles. The maximum Gasteiger partial charge on any atom is 0.219 e. The molecule has 30 heavy (non-hydrogen) atoms. The molecular weight excluding hydrogens is 390 g/mol. The van der Waals surface area contributed by atoms with Crippen LogP contribution >= 0.6 is 11.3 Å². The highest BCUT2D eigenvalue weighted by atomic mass is 32.1. The van der Waals surface area contributed by atoms with Gasteiger partial charge in [0.2, 0.25) is 5.91 Å². The second-order valence-electron chi connectivity index (χ2n) is 8.55. The number of thiophene rings is 1. The summed E-state index contributed by atoms with van der Waals surface area (Å²) in [6, 6.07) is 11.8. The predicted octanol–water partition coefficient (Wildman–Crippen LogP) is 4.26. The van der Waals surface area contributed by atoms with Gasteiger partial charge in [0, 0.05) is 41.7 Å². The summed E-state index contributed by atoms with van der Waals surface area (Å²) in [4.78, 5) is 14.2. The van der Waals surface area contributed by atoms with E-state index in [0.717, 1.165) is 49.1 Å². The minimum atomic E-state index is 0.107. The van der Waals surface area contributed by atoms with Crippen molar-refractivity contribution in [3.63, 3.8) is 0 Å². The van der Waals surface area contributed by atoms with E-state index < -0.39 is 0 Å². The number of nitrogens with zero attached hydrogens (tertiary/aromatic N) is 1. The Hall–Kier alpha value is -2.16. The SMILES string of the molecule is CCCC(=O)NCCc1sc2c(c1C#N)CCC(NCC1CCc3ccccc31)C2. The van der Waals surface area contributed by atoms with Crippen LogP contribution in [0.1, 0.15) is 70.5 Å². The van der Waals surface area contributed by atoms with E-state index in [2.05, 4.69) is 41.0 Å². The van der Waals surface area contributed by atoms with E-state index >= 15 is 0 Å².